The molecule has 4 N–H and O–H groups in total. The molecule has 5 heteroatoms. The Bertz CT molecular complexity index is 402. The molecule has 0 amide bonds. The average Bonchev–Trinajstić information content (AvgIpc) is 2.11. The van der Waals surface area contributed by atoms with Crippen LogP contribution in [0, 0.1) is 0 Å². The van der Waals surface area contributed by atoms with Gasteiger partial charge in [-0.15, -0.1) is 0 Å². The van der Waals surface area contributed by atoms with Crippen LogP contribution in [0.2, 0.25) is 0 Å². The molecule has 1 heterocycles. The highest BCUT2D eigenvalue weighted by atomic mass is 16.5. The summed E-state index contributed by atoms with van der Waals surface area (Å²) in [4.78, 5) is 11.1. The fourth-order valence-electron chi connectivity index (χ4n) is 1.36. The number of phenolic OH excluding ortho intramolecular Hbond substituents is 2. The molecule has 2 rings (SSSR count). The van der Waals surface area contributed by atoms with E-state index in [2.05, 4.69) is 0 Å². The quantitative estimate of drug-likeness (QED) is 0.305. The van der Waals surface area contributed by atoms with Crippen LogP contribution < -0.4 is 10.5 Å². The second-order valence-corrected chi connectivity index (χ2v) is 3.18. The number of aromatic hydroxyl groups is 2. The number of rotatable bonds is 0. The van der Waals surface area contributed by atoms with Crippen molar-refractivity contribution in [1.29, 1.82) is 0 Å². The van der Waals surface area contributed by atoms with Crippen molar-refractivity contribution < 1.29 is 19.7 Å². The van der Waals surface area contributed by atoms with Crippen LogP contribution in [0.1, 0.15) is 5.56 Å². The smallest absolute Gasteiger partial charge is 0.328 e. The Morgan fingerprint density at radius 1 is 1.36 bits per heavy atom. The molecule has 0 radical (unpaired) electrons. The van der Waals surface area contributed by atoms with Crippen molar-refractivity contribution >= 4 is 5.97 Å². The van der Waals surface area contributed by atoms with Gasteiger partial charge in [0.05, 0.1) is 0 Å². The summed E-state index contributed by atoms with van der Waals surface area (Å²) in [6.45, 7) is 0. The Morgan fingerprint density at radius 2 is 2.00 bits per heavy atom. The van der Waals surface area contributed by atoms with E-state index in [1.807, 2.05) is 0 Å². The normalized spacial score (nSPS) is 20.1. The first kappa shape index (κ1) is 8.83. The second-order valence-electron chi connectivity index (χ2n) is 3.18. The molecular weight excluding hydrogens is 186 g/mol. The van der Waals surface area contributed by atoms with Gasteiger partial charge in [0.15, 0.2) is 11.5 Å². The molecule has 74 valence electrons. The predicted octanol–water partition coefficient (Wildman–Crippen LogP) is -0.113. The first-order chi connectivity index (χ1) is 6.58. The number of phenols is 2. The summed E-state index contributed by atoms with van der Waals surface area (Å²) in [5, 5.41) is 18.4. The van der Waals surface area contributed by atoms with Crippen LogP contribution in [-0.2, 0) is 11.2 Å². The van der Waals surface area contributed by atoms with Gasteiger partial charge in [-0.2, -0.15) is 0 Å². The van der Waals surface area contributed by atoms with Crippen molar-refractivity contribution in [2.45, 2.75) is 12.5 Å². The second kappa shape index (κ2) is 2.88. The first-order valence-electron chi connectivity index (χ1n) is 4.10. The maximum atomic E-state index is 11.1. The zero-order valence-corrected chi connectivity index (χ0v) is 7.23. The summed E-state index contributed by atoms with van der Waals surface area (Å²) in [6, 6.07) is 1.84. The Hall–Kier alpha value is -1.75. The number of nitrogens with two attached hydrogens (primary N) is 1. The first-order valence-corrected chi connectivity index (χ1v) is 4.10. The van der Waals surface area contributed by atoms with Crippen LogP contribution >= 0.6 is 0 Å². The Morgan fingerprint density at radius 3 is 2.71 bits per heavy atom. The third kappa shape index (κ3) is 1.27. The fourth-order valence-corrected chi connectivity index (χ4v) is 1.36. The molecule has 1 aromatic rings. The minimum absolute atomic E-state index is 0.242. The van der Waals surface area contributed by atoms with Crippen molar-refractivity contribution in [3.05, 3.63) is 17.7 Å². The lowest BCUT2D eigenvalue weighted by molar-refractivity contribution is -0.136. The highest BCUT2D eigenvalue weighted by Gasteiger charge is 2.26. The van der Waals surface area contributed by atoms with Crippen molar-refractivity contribution in [1.82, 2.24) is 0 Å². The summed E-state index contributed by atoms with van der Waals surface area (Å²) in [7, 11) is 0. The molecule has 0 unspecified atom stereocenters. The third-order valence-corrected chi connectivity index (χ3v) is 2.11. The average molecular weight is 195 g/mol. The molecule has 0 saturated heterocycles. The van der Waals surface area contributed by atoms with Crippen molar-refractivity contribution in [3.8, 4) is 17.2 Å². The van der Waals surface area contributed by atoms with Crippen LogP contribution in [0.4, 0.5) is 0 Å². The Kier molecular flexibility index (Phi) is 1.82. The van der Waals surface area contributed by atoms with Crippen LogP contribution in [-0.4, -0.2) is 22.2 Å². The molecule has 1 aromatic carbocycles. The predicted molar refractivity (Wildman–Crippen MR) is 47.1 cm³/mol. The SMILES string of the molecule is N[C@@H]1Cc2cc(O)c(O)cc2OC1=O. The number of hydrogen-bond donors (Lipinski definition) is 3. The largest absolute Gasteiger partial charge is 0.504 e. The van der Waals surface area contributed by atoms with Crippen molar-refractivity contribution in [3.63, 3.8) is 0 Å². The molecule has 0 aromatic heterocycles. The molecule has 0 aliphatic carbocycles. The topological polar surface area (TPSA) is 92.8 Å². The fraction of sp³-hybridized carbons (Fsp3) is 0.222. The van der Waals surface area contributed by atoms with E-state index in [9.17, 15) is 9.90 Å². The summed E-state index contributed by atoms with van der Waals surface area (Å²) >= 11 is 0. The third-order valence-electron chi connectivity index (χ3n) is 2.11. The van der Waals surface area contributed by atoms with Gasteiger partial charge >= 0.3 is 5.97 Å². The highest BCUT2D eigenvalue weighted by molar-refractivity contribution is 5.81. The molecule has 1 aliphatic rings. The summed E-state index contributed by atoms with van der Waals surface area (Å²) in [5.74, 6) is -0.824. The zero-order valence-electron chi connectivity index (χ0n) is 7.23. The number of benzene rings is 1. The van der Waals surface area contributed by atoms with Gasteiger partial charge in [-0.05, 0) is 6.07 Å². The van der Waals surface area contributed by atoms with Gasteiger partial charge in [0.2, 0.25) is 0 Å². The number of esters is 1. The van der Waals surface area contributed by atoms with Gasteiger partial charge in [0, 0.05) is 18.1 Å². The summed E-state index contributed by atoms with van der Waals surface area (Å²) < 4.78 is 4.84. The van der Waals surface area contributed by atoms with Gasteiger partial charge in [0.25, 0.3) is 0 Å². The van der Waals surface area contributed by atoms with Crippen molar-refractivity contribution in [2.24, 2.45) is 5.73 Å². The molecular formula is C9H9NO4. The Labute approximate surface area is 79.7 Å². The molecule has 14 heavy (non-hydrogen) atoms. The van der Waals surface area contributed by atoms with E-state index in [0.29, 0.717) is 12.0 Å². The van der Waals surface area contributed by atoms with Gasteiger partial charge in [0.1, 0.15) is 11.8 Å². The lowest BCUT2D eigenvalue weighted by Crippen LogP contribution is -2.39. The number of ether oxygens (including phenoxy) is 1. The number of carbonyl (C=O) groups is 1. The molecule has 0 saturated carbocycles. The van der Waals surface area contributed by atoms with E-state index < -0.39 is 12.0 Å². The van der Waals surface area contributed by atoms with Gasteiger partial charge in [-0.3, -0.25) is 0 Å². The van der Waals surface area contributed by atoms with E-state index in [-0.39, 0.29) is 17.2 Å². The molecule has 1 aliphatic heterocycles. The van der Waals surface area contributed by atoms with Gasteiger partial charge < -0.3 is 20.7 Å². The van der Waals surface area contributed by atoms with E-state index in [0.717, 1.165) is 0 Å². The minimum atomic E-state index is -0.702. The Balaban J connectivity index is 2.47. The summed E-state index contributed by atoms with van der Waals surface area (Å²) in [5.41, 5.74) is 6.08. The highest BCUT2D eigenvalue weighted by Crippen LogP contribution is 2.35. The van der Waals surface area contributed by atoms with E-state index in [4.69, 9.17) is 15.6 Å². The van der Waals surface area contributed by atoms with E-state index in [1.165, 1.54) is 12.1 Å². The van der Waals surface area contributed by atoms with Crippen LogP contribution in [0.5, 0.6) is 17.2 Å². The lowest BCUT2D eigenvalue weighted by atomic mass is 10.0. The van der Waals surface area contributed by atoms with Crippen LogP contribution in [0.15, 0.2) is 12.1 Å². The zero-order chi connectivity index (χ0) is 10.3. The molecule has 1 atom stereocenters. The van der Waals surface area contributed by atoms with Gasteiger partial charge in [-0.1, -0.05) is 0 Å². The van der Waals surface area contributed by atoms with Crippen molar-refractivity contribution in [2.75, 3.05) is 0 Å². The van der Waals surface area contributed by atoms with Crippen LogP contribution in [0.25, 0.3) is 0 Å². The number of carbonyl (C=O) groups excluding carboxylic acids is 1. The monoisotopic (exact) mass is 195 g/mol. The molecule has 5 nitrogen and oxygen atoms in total. The van der Waals surface area contributed by atoms with E-state index >= 15 is 0 Å². The number of fused-ring (bicyclic) bond motifs is 1. The lowest BCUT2D eigenvalue weighted by Gasteiger charge is -2.20. The van der Waals surface area contributed by atoms with E-state index in [1.54, 1.807) is 0 Å². The molecule has 0 fully saturated rings. The minimum Gasteiger partial charge on any atom is -0.504 e. The standard InChI is InChI=1S/C9H9NO4/c10-5-1-4-2-6(11)7(12)3-8(4)14-9(5)13/h2-3,5,11-12H,1,10H2/t5-/m1/s1. The molecule has 0 bridgehead atoms. The maximum Gasteiger partial charge on any atom is 0.328 e. The maximum absolute atomic E-state index is 11.1. The van der Waals surface area contributed by atoms with Gasteiger partial charge in [-0.25, -0.2) is 4.79 Å². The molecule has 0 spiro atoms. The number of hydrogen-bond acceptors (Lipinski definition) is 5. The summed E-state index contributed by atoms with van der Waals surface area (Å²) in [6.07, 6.45) is 0.308. The van der Waals surface area contributed by atoms with Crippen LogP contribution in [0.3, 0.4) is 0 Å².